The maximum atomic E-state index is 3.65. The molecule has 1 aromatic carbocycles. The first-order chi connectivity index (χ1) is 7.31. The molecule has 3 rings (SSSR count). The van der Waals surface area contributed by atoms with Crippen LogP contribution in [0.25, 0.3) is 0 Å². The third-order valence-electron chi connectivity index (χ3n) is 3.94. The van der Waals surface area contributed by atoms with E-state index in [0.29, 0.717) is 5.66 Å². The molecule has 1 heterocycles. The van der Waals surface area contributed by atoms with Crippen molar-refractivity contribution < 1.29 is 0 Å². The summed E-state index contributed by atoms with van der Waals surface area (Å²) in [6, 6.07) is 10.7. The second kappa shape index (κ2) is 3.32. The third kappa shape index (κ3) is 1.48. The molecule has 2 nitrogen and oxygen atoms in total. The topological polar surface area (TPSA) is 15.3 Å². The van der Waals surface area contributed by atoms with Crippen LogP contribution < -0.4 is 5.32 Å². The van der Waals surface area contributed by atoms with E-state index in [4.69, 9.17) is 0 Å². The summed E-state index contributed by atoms with van der Waals surface area (Å²) >= 11 is 0. The number of nitrogens with zero attached hydrogens (tertiary/aromatic N) is 1. The first-order valence-corrected chi connectivity index (χ1v) is 5.81. The smallest absolute Gasteiger partial charge is 0.0747 e. The van der Waals surface area contributed by atoms with Crippen molar-refractivity contribution in [1.82, 2.24) is 10.2 Å². The van der Waals surface area contributed by atoms with Gasteiger partial charge in [-0.1, -0.05) is 30.3 Å². The lowest BCUT2D eigenvalue weighted by molar-refractivity contribution is 0.181. The Bertz CT molecular complexity index is 349. The molecule has 1 N–H and O–H groups in total. The minimum absolute atomic E-state index is 0.357. The Balaban J connectivity index is 1.69. The van der Waals surface area contributed by atoms with E-state index in [0.717, 1.165) is 12.5 Å². The fourth-order valence-corrected chi connectivity index (χ4v) is 2.94. The van der Waals surface area contributed by atoms with Gasteiger partial charge < -0.3 is 0 Å². The number of benzene rings is 1. The van der Waals surface area contributed by atoms with E-state index >= 15 is 0 Å². The Hall–Kier alpha value is -0.860. The molecule has 1 aliphatic heterocycles. The number of rotatable bonds is 3. The zero-order valence-corrected chi connectivity index (χ0v) is 9.24. The summed E-state index contributed by atoms with van der Waals surface area (Å²) in [7, 11) is 2.24. The minimum Gasteiger partial charge on any atom is -0.299 e. The maximum Gasteiger partial charge on any atom is 0.0747 e. The van der Waals surface area contributed by atoms with Gasteiger partial charge in [0.15, 0.2) is 0 Å². The highest BCUT2D eigenvalue weighted by Crippen LogP contribution is 2.51. The van der Waals surface area contributed by atoms with Gasteiger partial charge in [0, 0.05) is 6.54 Å². The summed E-state index contributed by atoms with van der Waals surface area (Å²) < 4.78 is 0. The lowest BCUT2D eigenvalue weighted by Crippen LogP contribution is -2.44. The largest absolute Gasteiger partial charge is 0.299 e. The lowest BCUT2D eigenvalue weighted by Gasteiger charge is -2.27. The van der Waals surface area contributed by atoms with Gasteiger partial charge in [-0.15, -0.1) is 0 Å². The Kier molecular flexibility index (Phi) is 2.08. The van der Waals surface area contributed by atoms with Gasteiger partial charge in [-0.3, -0.25) is 10.2 Å². The Morgan fingerprint density at radius 2 is 2.20 bits per heavy atom. The Labute approximate surface area is 91.3 Å². The van der Waals surface area contributed by atoms with Crippen LogP contribution in [0.5, 0.6) is 0 Å². The van der Waals surface area contributed by atoms with Gasteiger partial charge in [0.05, 0.1) is 5.66 Å². The van der Waals surface area contributed by atoms with Gasteiger partial charge in [-0.2, -0.15) is 0 Å². The van der Waals surface area contributed by atoms with Crippen LogP contribution in [0.3, 0.4) is 0 Å². The molecule has 2 atom stereocenters. The molecule has 1 saturated heterocycles. The first-order valence-electron chi connectivity index (χ1n) is 5.81. The average Bonchev–Trinajstić information content (AvgIpc) is 2.84. The number of hydrogen-bond acceptors (Lipinski definition) is 2. The Morgan fingerprint density at radius 3 is 2.80 bits per heavy atom. The lowest BCUT2D eigenvalue weighted by atomic mass is 10.2. The second-order valence-electron chi connectivity index (χ2n) is 4.88. The summed E-state index contributed by atoms with van der Waals surface area (Å²) in [5, 5.41) is 3.65. The summed E-state index contributed by atoms with van der Waals surface area (Å²) in [4.78, 5) is 2.49. The van der Waals surface area contributed by atoms with E-state index in [1.165, 1.54) is 24.9 Å². The van der Waals surface area contributed by atoms with Gasteiger partial charge in [0.2, 0.25) is 0 Å². The molecule has 0 bridgehead atoms. The van der Waals surface area contributed by atoms with Crippen LogP contribution in [0, 0.1) is 5.92 Å². The first kappa shape index (κ1) is 9.37. The summed E-state index contributed by atoms with van der Waals surface area (Å²) in [6.45, 7) is 2.26. The van der Waals surface area contributed by atoms with Crippen LogP contribution in [0.15, 0.2) is 30.3 Å². The monoisotopic (exact) mass is 202 g/mol. The number of nitrogens with one attached hydrogen (secondary N) is 1. The quantitative estimate of drug-likeness (QED) is 0.804. The number of fused-ring (bicyclic) bond motifs is 1. The van der Waals surface area contributed by atoms with Gasteiger partial charge in [0.1, 0.15) is 0 Å². The molecule has 0 amide bonds. The molecule has 80 valence electrons. The highest BCUT2D eigenvalue weighted by atomic mass is 15.4. The fourth-order valence-electron chi connectivity index (χ4n) is 2.94. The van der Waals surface area contributed by atoms with Crippen LogP contribution >= 0.6 is 0 Å². The molecule has 1 aromatic rings. The number of hydrogen-bond donors (Lipinski definition) is 1. The summed E-state index contributed by atoms with van der Waals surface area (Å²) in [5.74, 6) is 0.909. The van der Waals surface area contributed by atoms with Crippen LogP contribution in [0.1, 0.15) is 18.4 Å². The molecule has 2 fully saturated rings. The second-order valence-corrected chi connectivity index (χ2v) is 4.88. The molecule has 2 aliphatic rings. The molecule has 2 heteroatoms. The minimum atomic E-state index is 0.357. The molecule has 0 radical (unpaired) electrons. The molecular weight excluding hydrogens is 184 g/mol. The molecule has 0 aromatic heterocycles. The van der Waals surface area contributed by atoms with E-state index in [9.17, 15) is 0 Å². The average molecular weight is 202 g/mol. The molecule has 1 aliphatic carbocycles. The van der Waals surface area contributed by atoms with Crippen molar-refractivity contribution in [3.63, 3.8) is 0 Å². The van der Waals surface area contributed by atoms with Crippen molar-refractivity contribution in [3.05, 3.63) is 35.9 Å². The van der Waals surface area contributed by atoms with E-state index in [1.807, 2.05) is 0 Å². The highest BCUT2D eigenvalue weighted by Gasteiger charge is 2.59. The van der Waals surface area contributed by atoms with Crippen molar-refractivity contribution in [1.29, 1.82) is 0 Å². The third-order valence-corrected chi connectivity index (χ3v) is 3.94. The maximum absolute atomic E-state index is 3.65. The van der Waals surface area contributed by atoms with E-state index < -0.39 is 0 Å². The summed E-state index contributed by atoms with van der Waals surface area (Å²) in [5.41, 5.74) is 1.77. The van der Waals surface area contributed by atoms with Crippen LogP contribution in [0.2, 0.25) is 0 Å². The van der Waals surface area contributed by atoms with Crippen LogP contribution in [-0.4, -0.2) is 24.2 Å². The van der Waals surface area contributed by atoms with Gasteiger partial charge in [-0.25, -0.2) is 0 Å². The SMILES string of the molecule is CN(Cc1ccccc1)C12CC1CCN2. The van der Waals surface area contributed by atoms with Crippen molar-refractivity contribution >= 4 is 0 Å². The Morgan fingerprint density at radius 1 is 1.40 bits per heavy atom. The van der Waals surface area contributed by atoms with E-state index in [1.54, 1.807) is 0 Å². The van der Waals surface area contributed by atoms with E-state index in [-0.39, 0.29) is 0 Å². The summed E-state index contributed by atoms with van der Waals surface area (Å²) in [6.07, 6.45) is 2.70. The molecule has 0 spiro atoms. The highest BCUT2D eigenvalue weighted by molar-refractivity contribution is 5.18. The normalized spacial score (nSPS) is 33.1. The van der Waals surface area contributed by atoms with E-state index in [2.05, 4.69) is 47.6 Å². The van der Waals surface area contributed by atoms with Crippen molar-refractivity contribution in [2.24, 2.45) is 5.92 Å². The predicted molar refractivity (Wildman–Crippen MR) is 61.4 cm³/mol. The standard InChI is InChI=1S/C13H18N2/c1-15(10-11-5-3-2-4-6-11)13-9-12(13)7-8-14-13/h2-6,12,14H,7-10H2,1H3. The van der Waals surface area contributed by atoms with Gasteiger partial charge in [0.25, 0.3) is 0 Å². The van der Waals surface area contributed by atoms with Crippen molar-refractivity contribution in [2.45, 2.75) is 25.0 Å². The number of piperidine rings is 1. The predicted octanol–water partition coefficient (Wildman–Crippen LogP) is 1.83. The molecular formula is C13H18N2. The van der Waals surface area contributed by atoms with Gasteiger partial charge in [-0.05, 0) is 37.9 Å². The zero-order chi connectivity index (χ0) is 10.3. The van der Waals surface area contributed by atoms with Crippen LogP contribution in [-0.2, 0) is 6.54 Å². The fraction of sp³-hybridized carbons (Fsp3) is 0.538. The van der Waals surface area contributed by atoms with Crippen molar-refractivity contribution in [3.8, 4) is 0 Å². The molecule has 1 saturated carbocycles. The van der Waals surface area contributed by atoms with Crippen LogP contribution in [0.4, 0.5) is 0 Å². The van der Waals surface area contributed by atoms with Gasteiger partial charge >= 0.3 is 0 Å². The van der Waals surface area contributed by atoms with Crippen molar-refractivity contribution in [2.75, 3.05) is 13.6 Å². The molecule has 15 heavy (non-hydrogen) atoms. The zero-order valence-electron chi connectivity index (χ0n) is 9.24. The molecule has 2 unspecified atom stereocenters.